The molecule has 10 nitrogen and oxygen atoms in total. The number of hydrogen-bond donors (Lipinski definition) is 2. The van der Waals surface area contributed by atoms with Crippen LogP contribution < -0.4 is 5.32 Å². The summed E-state index contributed by atoms with van der Waals surface area (Å²) in [5, 5.41) is 22.1. The minimum absolute atomic E-state index is 0.0812. The molecule has 6 rings (SSSR count). The van der Waals surface area contributed by atoms with Gasteiger partial charge >= 0.3 is 6.43 Å². The number of rotatable bonds is 6. The Labute approximate surface area is 205 Å². The fourth-order valence-electron chi connectivity index (χ4n) is 4.05. The van der Waals surface area contributed by atoms with Gasteiger partial charge in [-0.3, -0.25) is 0 Å². The average molecular weight is 511 g/mol. The van der Waals surface area contributed by atoms with Crippen LogP contribution in [0.15, 0.2) is 40.8 Å². The van der Waals surface area contributed by atoms with E-state index in [1.807, 2.05) is 24.3 Å². The van der Waals surface area contributed by atoms with Gasteiger partial charge in [0.25, 0.3) is 11.8 Å². The number of imidazole rings is 1. The molecule has 0 fully saturated rings. The van der Waals surface area contributed by atoms with Crippen LogP contribution in [0.4, 0.5) is 17.6 Å². The number of alkyl halides is 2. The lowest BCUT2D eigenvalue weighted by atomic mass is 10.1. The van der Waals surface area contributed by atoms with Gasteiger partial charge in [0.2, 0.25) is 5.82 Å². The van der Waals surface area contributed by atoms with E-state index >= 15 is 0 Å². The van der Waals surface area contributed by atoms with Crippen molar-refractivity contribution in [3.63, 3.8) is 0 Å². The number of nitrogens with zero attached hydrogens (tertiary/aromatic N) is 7. The Kier molecular flexibility index (Phi) is 5.71. The summed E-state index contributed by atoms with van der Waals surface area (Å²) in [4.78, 5) is 9.15. The van der Waals surface area contributed by atoms with Crippen LogP contribution in [0.25, 0.3) is 34.2 Å². The van der Waals surface area contributed by atoms with E-state index in [2.05, 4.69) is 40.9 Å². The lowest BCUT2D eigenvalue weighted by Gasteiger charge is -2.09. The standard InChI is InChI=1S/C23H17F4N9O/c24-17-13(4-5-14(18(17)25)22-32-33-23(37-22)19(26)27)10-36-34-21(31-35-36)12-3-1-2-11(8-12)20-29-15-6-7-28-9-16(15)30-20/h1-5,8,19,28H,6-7,9-10H2,(H,29,30). The van der Waals surface area contributed by atoms with Crippen LogP contribution in [0, 0.1) is 11.6 Å². The third-order valence-electron chi connectivity index (χ3n) is 5.89. The summed E-state index contributed by atoms with van der Waals surface area (Å²) in [5.74, 6) is -3.03. The number of aromatic nitrogens is 8. The molecule has 0 saturated heterocycles. The molecule has 0 spiro atoms. The third kappa shape index (κ3) is 4.35. The summed E-state index contributed by atoms with van der Waals surface area (Å²) in [6, 6.07) is 9.86. The second kappa shape index (κ2) is 9.20. The van der Waals surface area contributed by atoms with E-state index in [1.165, 1.54) is 6.07 Å². The first-order valence-electron chi connectivity index (χ1n) is 11.2. The predicted octanol–water partition coefficient (Wildman–Crippen LogP) is 3.69. The van der Waals surface area contributed by atoms with Crippen LogP contribution in [0.3, 0.4) is 0 Å². The van der Waals surface area contributed by atoms with E-state index in [0.717, 1.165) is 46.6 Å². The number of H-pyrrole nitrogens is 1. The molecule has 1 aliphatic heterocycles. The lowest BCUT2D eigenvalue weighted by molar-refractivity contribution is 0.116. The van der Waals surface area contributed by atoms with Crippen molar-refractivity contribution < 1.29 is 22.0 Å². The van der Waals surface area contributed by atoms with Crippen LogP contribution >= 0.6 is 0 Å². The molecular formula is C23H17F4N9O. The zero-order chi connectivity index (χ0) is 25.5. The normalized spacial score (nSPS) is 13.3. The van der Waals surface area contributed by atoms with E-state index in [0.29, 0.717) is 17.9 Å². The van der Waals surface area contributed by atoms with Gasteiger partial charge in [-0.25, -0.2) is 13.8 Å². The van der Waals surface area contributed by atoms with Crippen LogP contribution in [0.5, 0.6) is 0 Å². The second-order valence-electron chi connectivity index (χ2n) is 8.31. The SMILES string of the molecule is Fc1c(Cn2nnc(-c3cccc(-c4nc5c([nH]4)CCNC5)c3)n2)ccc(-c2nnc(C(F)F)o2)c1F. The molecule has 0 unspecified atom stereocenters. The summed E-state index contributed by atoms with van der Waals surface area (Å²) in [6.45, 7) is 1.39. The highest BCUT2D eigenvalue weighted by atomic mass is 19.3. The first-order chi connectivity index (χ1) is 18.0. The number of tetrazole rings is 1. The largest absolute Gasteiger partial charge is 0.415 e. The quantitative estimate of drug-likeness (QED) is 0.331. The van der Waals surface area contributed by atoms with Gasteiger partial charge in [0, 0.05) is 41.9 Å². The molecule has 3 aromatic heterocycles. The monoisotopic (exact) mass is 511 g/mol. The Morgan fingerprint density at radius 1 is 1.03 bits per heavy atom. The number of fused-ring (bicyclic) bond motifs is 1. The van der Waals surface area contributed by atoms with Gasteiger partial charge in [0.1, 0.15) is 5.82 Å². The highest BCUT2D eigenvalue weighted by Gasteiger charge is 2.23. The van der Waals surface area contributed by atoms with Gasteiger partial charge in [-0.05, 0) is 17.3 Å². The van der Waals surface area contributed by atoms with Crippen LogP contribution in [0.1, 0.15) is 29.3 Å². The van der Waals surface area contributed by atoms with Crippen molar-refractivity contribution >= 4 is 0 Å². The van der Waals surface area contributed by atoms with Gasteiger partial charge < -0.3 is 14.7 Å². The molecule has 0 atom stereocenters. The Morgan fingerprint density at radius 3 is 2.70 bits per heavy atom. The number of aromatic amines is 1. The maximum Gasteiger partial charge on any atom is 0.314 e. The van der Waals surface area contributed by atoms with E-state index < -0.39 is 35.4 Å². The van der Waals surface area contributed by atoms with Crippen LogP contribution in [-0.4, -0.2) is 46.9 Å². The Morgan fingerprint density at radius 2 is 1.89 bits per heavy atom. The second-order valence-corrected chi connectivity index (χ2v) is 8.31. The third-order valence-corrected chi connectivity index (χ3v) is 5.89. The molecule has 2 N–H and O–H groups in total. The summed E-state index contributed by atoms with van der Waals surface area (Å²) < 4.78 is 59.5. The van der Waals surface area contributed by atoms with Gasteiger partial charge in [0.15, 0.2) is 11.6 Å². The van der Waals surface area contributed by atoms with Gasteiger partial charge in [-0.1, -0.05) is 24.3 Å². The molecule has 0 saturated carbocycles. The summed E-state index contributed by atoms with van der Waals surface area (Å²) in [6.07, 6.45) is -2.15. The average Bonchev–Trinajstić information content (AvgIpc) is 3.67. The topological polar surface area (TPSA) is 123 Å². The Balaban J connectivity index is 1.23. The Bertz CT molecular complexity index is 1570. The molecule has 2 aromatic carbocycles. The predicted molar refractivity (Wildman–Crippen MR) is 120 cm³/mol. The molecule has 37 heavy (non-hydrogen) atoms. The van der Waals surface area contributed by atoms with Crippen molar-refractivity contribution in [2.75, 3.05) is 6.54 Å². The fraction of sp³-hybridized carbons (Fsp3) is 0.217. The fourth-order valence-corrected chi connectivity index (χ4v) is 4.05. The maximum atomic E-state index is 14.7. The van der Waals surface area contributed by atoms with Crippen molar-refractivity contribution in [1.29, 1.82) is 0 Å². The van der Waals surface area contributed by atoms with E-state index in [-0.39, 0.29) is 12.1 Å². The Hall–Kier alpha value is -4.46. The van der Waals surface area contributed by atoms with Gasteiger partial charge in [-0.2, -0.15) is 13.6 Å². The first-order valence-corrected chi connectivity index (χ1v) is 11.2. The van der Waals surface area contributed by atoms with Gasteiger partial charge in [0.05, 0.1) is 17.8 Å². The highest BCUT2D eigenvalue weighted by molar-refractivity contribution is 5.66. The van der Waals surface area contributed by atoms with E-state index in [9.17, 15) is 17.6 Å². The van der Waals surface area contributed by atoms with Crippen LogP contribution in [-0.2, 0) is 19.5 Å². The van der Waals surface area contributed by atoms with E-state index in [4.69, 9.17) is 4.42 Å². The van der Waals surface area contributed by atoms with Crippen molar-refractivity contribution in [3.8, 4) is 34.2 Å². The number of benzene rings is 2. The molecule has 0 aliphatic carbocycles. The van der Waals surface area contributed by atoms with Crippen LogP contribution in [0.2, 0.25) is 0 Å². The molecular weight excluding hydrogens is 494 g/mol. The highest BCUT2D eigenvalue weighted by Crippen LogP contribution is 2.28. The van der Waals surface area contributed by atoms with Crippen molar-refractivity contribution in [3.05, 3.63) is 70.9 Å². The summed E-state index contributed by atoms with van der Waals surface area (Å²) in [5.41, 5.74) is 3.11. The van der Waals surface area contributed by atoms with Crippen molar-refractivity contribution in [2.24, 2.45) is 0 Å². The first kappa shape index (κ1) is 23.0. The molecule has 14 heteroatoms. The lowest BCUT2D eigenvalue weighted by Crippen LogP contribution is -2.23. The van der Waals surface area contributed by atoms with Gasteiger partial charge in [-0.15, -0.1) is 20.4 Å². The molecule has 0 amide bonds. The minimum atomic E-state index is -3.02. The smallest absolute Gasteiger partial charge is 0.314 e. The summed E-state index contributed by atoms with van der Waals surface area (Å²) in [7, 11) is 0. The number of hydrogen-bond acceptors (Lipinski definition) is 8. The summed E-state index contributed by atoms with van der Waals surface area (Å²) >= 11 is 0. The minimum Gasteiger partial charge on any atom is -0.415 e. The number of nitrogens with one attached hydrogen (secondary N) is 2. The molecule has 4 heterocycles. The number of halogens is 4. The molecule has 188 valence electrons. The zero-order valence-electron chi connectivity index (χ0n) is 18.9. The molecule has 1 aliphatic rings. The zero-order valence-corrected chi connectivity index (χ0v) is 18.9. The molecule has 5 aromatic rings. The molecule has 0 bridgehead atoms. The maximum absolute atomic E-state index is 14.7. The van der Waals surface area contributed by atoms with Crippen molar-refractivity contribution in [2.45, 2.75) is 25.9 Å². The molecule has 0 radical (unpaired) electrons. The van der Waals surface area contributed by atoms with Crippen molar-refractivity contribution in [1.82, 2.24) is 45.7 Å². The van der Waals surface area contributed by atoms with E-state index in [1.54, 1.807) is 0 Å².